The fourth-order valence-corrected chi connectivity index (χ4v) is 1.54. The second-order valence-electron chi connectivity index (χ2n) is 3.95. The van der Waals surface area contributed by atoms with Gasteiger partial charge < -0.3 is 14.6 Å². The summed E-state index contributed by atoms with van der Waals surface area (Å²) in [5.41, 5.74) is 1.32. The van der Waals surface area contributed by atoms with Crippen LogP contribution in [-0.4, -0.2) is 43.1 Å². The summed E-state index contributed by atoms with van der Waals surface area (Å²) in [6.45, 7) is 1.94. The largest absolute Gasteiger partial charge is 0.469 e. The van der Waals surface area contributed by atoms with Gasteiger partial charge in [0.1, 0.15) is 0 Å². The Labute approximate surface area is 96.6 Å². The van der Waals surface area contributed by atoms with Crippen molar-refractivity contribution in [3.63, 3.8) is 0 Å². The van der Waals surface area contributed by atoms with E-state index in [0.717, 1.165) is 25.9 Å². The molecule has 0 aliphatic heterocycles. The zero-order valence-electron chi connectivity index (χ0n) is 10.0. The number of aromatic amines is 1. The highest BCUT2D eigenvalue weighted by Gasteiger charge is 2.03. The van der Waals surface area contributed by atoms with Crippen molar-refractivity contribution in [3.05, 3.63) is 24.0 Å². The Kier molecular flexibility index (Phi) is 5.64. The summed E-state index contributed by atoms with van der Waals surface area (Å²) in [6, 6.07) is 2.09. The molecule has 0 amide bonds. The first-order valence-corrected chi connectivity index (χ1v) is 5.59. The van der Waals surface area contributed by atoms with Crippen LogP contribution in [0.3, 0.4) is 0 Å². The van der Waals surface area contributed by atoms with Crippen molar-refractivity contribution in [1.29, 1.82) is 0 Å². The summed E-state index contributed by atoms with van der Waals surface area (Å²) in [7, 11) is 3.50. The van der Waals surface area contributed by atoms with Crippen molar-refractivity contribution in [2.45, 2.75) is 19.3 Å². The molecule has 0 saturated heterocycles. The standard InChI is InChI=1S/C12H20N2O2/c1-14(8-3-4-12(15)16-2)9-6-11-5-7-13-10-11/h5,7,10,13H,3-4,6,8-9H2,1-2H3. The van der Waals surface area contributed by atoms with Gasteiger partial charge in [-0.05, 0) is 38.1 Å². The molecule has 0 aliphatic rings. The lowest BCUT2D eigenvalue weighted by molar-refractivity contribution is -0.140. The molecule has 0 fully saturated rings. The van der Waals surface area contributed by atoms with Gasteiger partial charge in [0.05, 0.1) is 7.11 Å². The zero-order valence-corrected chi connectivity index (χ0v) is 10.0. The molecule has 0 saturated carbocycles. The quantitative estimate of drug-likeness (QED) is 0.713. The average Bonchev–Trinajstić information content (AvgIpc) is 2.79. The maximum absolute atomic E-state index is 10.9. The number of aromatic nitrogens is 1. The van der Waals surface area contributed by atoms with Crippen LogP contribution in [0.4, 0.5) is 0 Å². The van der Waals surface area contributed by atoms with Crippen LogP contribution in [0.25, 0.3) is 0 Å². The van der Waals surface area contributed by atoms with Crippen molar-refractivity contribution >= 4 is 5.97 Å². The van der Waals surface area contributed by atoms with Crippen LogP contribution in [0.2, 0.25) is 0 Å². The summed E-state index contributed by atoms with van der Waals surface area (Å²) < 4.78 is 4.59. The number of methoxy groups -OCH3 is 1. The predicted molar refractivity (Wildman–Crippen MR) is 63.2 cm³/mol. The number of carbonyl (C=O) groups excluding carboxylic acids is 1. The van der Waals surface area contributed by atoms with E-state index in [2.05, 4.69) is 27.7 Å². The van der Waals surface area contributed by atoms with E-state index >= 15 is 0 Å². The maximum atomic E-state index is 10.9. The normalized spacial score (nSPS) is 10.7. The average molecular weight is 224 g/mol. The Balaban J connectivity index is 2.07. The van der Waals surface area contributed by atoms with Crippen molar-refractivity contribution < 1.29 is 9.53 Å². The first-order valence-electron chi connectivity index (χ1n) is 5.59. The van der Waals surface area contributed by atoms with E-state index in [1.807, 2.05) is 12.4 Å². The van der Waals surface area contributed by atoms with Crippen molar-refractivity contribution in [1.82, 2.24) is 9.88 Å². The van der Waals surface area contributed by atoms with E-state index in [0.29, 0.717) is 6.42 Å². The van der Waals surface area contributed by atoms with E-state index in [9.17, 15) is 4.79 Å². The molecule has 1 heterocycles. The van der Waals surface area contributed by atoms with E-state index in [1.165, 1.54) is 12.7 Å². The van der Waals surface area contributed by atoms with Crippen molar-refractivity contribution in [2.24, 2.45) is 0 Å². The third-order valence-electron chi connectivity index (χ3n) is 2.59. The van der Waals surface area contributed by atoms with E-state index < -0.39 is 0 Å². The first kappa shape index (κ1) is 12.8. The molecule has 0 aliphatic carbocycles. The molecule has 0 spiro atoms. The third kappa shape index (κ3) is 4.98. The molecule has 0 aromatic carbocycles. The van der Waals surface area contributed by atoms with Crippen molar-refractivity contribution in [2.75, 3.05) is 27.2 Å². The highest BCUT2D eigenvalue weighted by molar-refractivity contribution is 5.69. The van der Waals surface area contributed by atoms with Gasteiger partial charge in [0.25, 0.3) is 0 Å². The van der Waals surface area contributed by atoms with Gasteiger partial charge in [0.15, 0.2) is 0 Å². The fraction of sp³-hybridized carbons (Fsp3) is 0.583. The minimum Gasteiger partial charge on any atom is -0.469 e. The molecule has 4 nitrogen and oxygen atoms in total. The fourth-order valence-electron chi connectivity index (χ4n) is 1.54. The van der Waals surface area contributed by atoms with E-state index in [4.69, 9.17) is 0 Å². The minimum absolute atomic E-state index is 0.126. The second kappa shape index (κ2) is 7.06. The summed E-state index contributed by atoms with van der Waals surface area (Å²) in [4.78, 5) is 16.2. The molecule has 1 aromatic heterocycles. The predicted octanol–water partition coefficient (Wildman–Crippen LogP) is 1.44. The van der Waals surface area contributed by atoms with Crippen LogP contribution in [0.15, 0.2) is 18.5 Å². The number of nitrogens with zero attached hydrogens (tertiary/aromatic N) is 1. The van der Waals surface area contributed by atoms with Gasteiger partial charge in [-0.25, -0.2) is 0 Å². The Morgan fingerprint density at radius 1 is 1.50 bits per heavy atom. The minimum atomic E-state index is -0.126. The molecule has 1 aromatic rings. The lowest BCUT2D eigenvalue weighted by Gasteiger charge is -2.15. The topological polar surface area (TPSA) is 45.3 Å². The molecule has 16 heavy (non-hydrogen) atoms. The number of hydrogen-bond acceptors (Lipinski definition) is 3. The van der Waals surface area contributed by atoms with E-state index in [-0.39, 0.29) is 5.97 Å². The van der Waals surface area contributed by atoms with Gasteiger partial charge in [-0.15, -0.1) is 0 Å². The highest BCUT2D eigenvalue weighted by Crippen LogP contribution is 2.00. The molecule has 0 bridgehead atoms. The number of hydrogen-bond donors (Lipinski definition) is 1. The Hall–Kier alpha value is -1.29. The Morgan fingerprint density at radius 3 is 2.94 bits per heavy atom. The summed E-state index contributed by atoms with van der Waals surface area (Å²) in [5, 5.41) is 0. The number of nitrogens with one attached hydrogen (secondary N) is 1. The number of ether oxygens (including phenoxy) is 1. The number of esters is 1. The van der Waals surface area contributed by atoms with E-state index in [1.54, 1.807) is 0 Å². The number of rotatable bonds is 7. The summed E-state index contributed by atoms with van der Waals surface area (Å²) in [5.74, 6) is -0.126. The third-order valence-corrected chi connectivity index (χ3v) is 2.59. The first-order chi connectivity index (χ1) is 7.72. The van der Waals surface area contributed by atoms with Gasteiger partial charge in [-0.1, -0.05) is 0 Å². The lowest BCUT2D eigenvalue weighted by Crippen LogP contribution is -2.23. The molecule has 1 N–H and O–H groups in total. The highest BCUT2D eigenvalue weighted by atomic mass is 16.5. The SMILES string of the molecule is COC(=O)CCCN(C)CCc1cc[nH]c1. The smallest absolute Gasteiger partial charge is 0.305 e. The van der Waals surface area contributed by atoms with Gasteiger partial charge in [0.2, 0.25) is 0 Å². The number of H-pyrrole nitrogens is 1. The Morgan fingerprint density at radius 2 is 2.31 bits per heavy atom. The molecule has 0 atom stereocenters. The number of carbonyl (C=O) groups is 1. The van der Waals surface area contributed by atoms with Crippen LogP contribution in [0.1, 0.15) is 18.4 Å². The van der Waals surface area contributed by atoms with Crippen LogP contribution in [-0.2, 0) is 16.0 Å². The molecule has 0 radical (unpaired) electrons. The number of likely N-dealkylation sites (N-methyl/N-ethyl adjacent to an activating group) is 1. The maximum Gasteiger partial charge on any atom is 0.305 e. The van der Waals surface area contributed by atoms with Gasteiger partial charge in [0, 0.05) is 25.4 Å². The van der Waals surface area contributed by atoms with Gasteiger partial charge >= 0.3 is 5.97 Å². The lowest BCUT2D eigenvalue weighted by atomic mass is 10.2. The molecular weight excluding hydrogens is 204 g/mol. The monoisotopic (exact) mass is 224 g/mol. The summed E-state index contributed by atoms with van der Waals surface area (Å²) >= 11 is 0. The van der Waals surface area contributed by atoms with Gasteiger partial charge in [-0.3, -0.25) is 4.79 Å². The second-order valence-corrected chi connectivity index (χ2v) is 3.95. The molecule has 90 valence electrons. The molecule has 0 unspecified atom stereocenters. The Bertz CT molecular complexity index is 296. The van der Waals surface area contributed by atoms with Crippen LogP contribution < -0.4 is 0 Å². The van der Waals surface area contributed by atoms with Crippen LogP contribution in [0, 0.1) is 0 Å². The molecule has 1 rings (SSSR count). The van der Waals surface area contributed by atoms with Gasteiger partial charge in [-0.2, -0.15) is 0 Å². The van der Waals surface area contributed by atoms with Crippen molar-refractivity contribution in [3.8, 4) is 0 Å². The van der Waals surface area contributed by atoms with Crippen LogP contribution in [0.5, 0.6) is 0 Å². The molecular formula is C12H20N2O2. The zero-order chi connectivity index (χ0) is 11.8. The summed E-state index contributed by atoms with van der Waals surface area (Å²) in [6.07, 6.45) is 6.36. The molecule has 4 heteroatoms. The van der Waals surface area contributed by atoms with Crippen LogP contribution >= 0.6 is 0 Å².